The summed E-state index contributed by atoms with van der Waals surface area (Å²) in [4.78, 5) is 26.1. The number of nitrogens with zero attached hydrogens (tertiary/aromatic N) is 4. The Kier molecular flexibility index (Phi) is 6.49. The number of nitrogens with one attached hydrogen (secondary N) is 1. The van der Waals surface area contributed by atoms with Gasteiger partial charge >= 0.3 is 0 Å². The Hall–Kier alpha value is -2.63. The lowest BCUT2D eigenvalue weighted by Gasteiger charge is -2.37. The second-order valence-electron chi connectivity index (χ2n) is 7.50. The van der Waals surface area contributed by atoms with Gasteiger partial charge in [0, 0.05) is 44.1 Å². The van der Waals surface area contributed by atoms with E-state index in [0.29, 0.717) is 24.7 Å². The first kappa shape index (κ1) is 20.1. The molecule has 1 saturated heterocycles. The van der Waals surface area contributed by atoms with Crippen LogP contribution in [0.3, 0.4) is 0 Å². The van der Waals surface area contributed by atoms with Crippen molar-refractivity contribution in [2.24, 2.45) is 0 Å². The lowest BCUT2D eigenvalue weighted by atomic mass is 10.1. The van der Waals surface area contributed by atoms with Crippen LogP contribution in [0, 0.1) is 20.8 Å². The number of unbranched alkanes of at least 4 members (excludes halogenated alkanes) is 1. The molecule has 0 saturated carbocycles. The Balaban J connectivity index is 1.66. The third kappa shape index (κ3) is 4.61. The molecule has 0 aliphatic carbocycles. The Labute approximate surface area is 168 Å². The number of aryl methyl sites for hydroxylation is 2. The highest BCUT2D eigenvalue weighted by Crippen LogP contribution is 2.24. The van der Waals surface area contributed by atoms with E-state index in [1.54, 1.807) is 6.07 Å². The van der Waals surface area contributed by atoms with Crippen LogP contribution in [0.4, 0.5) is 11.6 Å². The molecule has 0 spiro atoms. The first-order chi connectivity index (χ1) is 13.5. The highest BCUT2D eigenvalue weighted by atomic mass is 16.2. The molecule has 0 unspecified atom stereocenters. The third-order valence-corrected chi connectivity index (χ3v) is 5.37. The summed E-state index contributed by atoms with van der Waals surface area (Å²) < 4.78 is 0. The summed E-state index contributed by atoms with van der Waals surface area (Å²) in [5.74, 6) is 0.537. The molecule has 6 heteroatoms. The summed E-state index contributed by atoms with van der Waals surface area (Å²) in [7, 11) is 0. The molecule has 1 aromatic heterocycles. The minimum atomic E-state index is -0.00958. The van der Waals surface area contributed by atoms with Crippen LogP contribution in [0.1, 0.15) is 47.1 Å². The van der Waals surface area contributed by atoms with Gasteiger partial charge in [-0.15, -0.1) is 0 Å². The van der Waals surface area contributed by atoms with Crippen molar-refractivity contribution in [1.82, 2.24) is 14.9 Å². The molecule has 2 heterocycles. The van der Waals surface area contributed by atoms with E-state index in [1.807, 2.05) is 11.8 Å². The molecule has 28 heavy (non-hydrogen) atoms. The van der Waals surface area contributed by atoms with Gasteiger partial charge in [-0.2, -0.15) is 0 Å². The predicted octanol–water partition coefficient (Wildman–Crippen LogP) is 3.58. The van der Waals surface area contributed by atoms with Gasteiger partial charge in [-0.3, -0.25) is 4.79 Å². The molecule has 1 amide bonds. The smallest absolute Gasteiger partial charge is 0.272 e. The van der Waals surface area contributed by atoms with Gasteiger partial charge in [-0.25, -0.2) is 9.97 Å². The van der Waals surface area contributed by atoms with Crippen LogP contribution in [0.15, 0.2) is 24.3 Å². The fraction of sp³-hybridized carbons (Fsp3) is 0.500. The van der Waals surface area contributed by atoms with Crippen LogP contribution in [0.25, 0.3) is 0 Å². The fourth-order valence-electron chi connectivity index (χ4n) is 3.52. The van der Waals surface area contributed by atoms with Gasteiger partial charge < -0.3 is 15.1 Å². The number of rotatable bonds is 6. The molecule has 1 aliphatic heterocycles. The van der Waals surface area contributed by atoms with Crippen LogP contribution in [-0.2, 0) is 0 Å². The van der Waals surface area contributed by atoms with Crippen molar-refractivity contribution in [3.8, 4) is 0 Å². The monoisotopic (exact) mass is 381 g/mol. The topological polar surface area (TPSA) is 61.4 Å². The molecule has 0 bridgehead atoms. The molecular formula is C22H31N5O. The number of carbonyl (C=O) groups excluding carboxylic acids is 1. The van der Waals surface area contributed by atoms with Crippen LogP contribution < -0.4 is 10.2 Å². The maximum absolute atomic E-state index is 13.0. The van der Waals surface area contributed by atoms with Crippen LogP contribution >= 0.6 is 0 Å². The summed E-state index contributed by atoms with van der Waals surface area (Å²) in [5.41, 5.74) is 5.18. The summed E-state index contributed by atoms with van der Waals surface area (Å²) in [6.45, 7) is 12.3. The van der Waals surface area contributed by atoms with Crippen molar-refractivity contribution in [3.05, 3.63) is 46.8 Å². The molecule has 0 atom stereocenters. The molecule has 1 N–H and O–H groups in total. The Morgan fingerprint density at radius 2 is 1.86 bits per heavy atom. The SMILES string of the molecule is CCCCNc1nc(C)cc(C(=O)N2CCN(c3cccc(C)c3C)CC2)n1. The molecule has 150 valence electrons. The molecule has 3 rings (SSSR count). The van der Waals surface area contributed by atoms with Crippen molar-refractivity contribution < 1.29 is 4.79 Å². The first-order valence-electron chi connectivity index (χ1n) is 10.2. The van der Waals surface area contributed by atoms with Gasteiger partial charge in [0.15, 0.2) is 0 Å². The van der Waals surface area contributed by atoms with Crippen LogP contribution in [0.2, 0.25) is 0 Å². The van der Waals surface area contributed by atoms with E-state index in [4.69, 9.17) is 0 Å². The van der Waals surface area contributed by atoms with Gasteiger partial charge in [0.25, 0.3) is 5.91 Å². The Morgan fingerprint density at radius 3 is 2.57 bits per heavy atom. The Bertz CT molecular complexity index is 828. The fourth-order valence-corrected chi connectivity index (χ4v) is 3.52. The Morgan fingerprint density at radius 1 is 1.11 bits per heavy atom. The van der Waals surface area contributed by atoms with Gasteiger partial charge in [-0.05, 0) is 50.5 Å². The predicted molar refractivity (Wildman–Crippen MR) is 114 cm³/mol. The van der Waals surface area contributed by atoms with Gasteiger partial charge in [0.2, 0.25) is 5.95 Å². The zero-order valence-corrected chi connectivity index (χ0v) is 17.5. The summed E-state index contributed by atoms with van der Waals surface area (Å²) in [6, 6.07) is 8.19. The van der Waals surface area contributed by atoms with E-state index in [-0.39, 0.29) is 5.91 Å². The van der Waals surface area contributed by atoms with E-state index < -0.39 is 0 Å². The number of carbonyl (C=O) groups is 1. The van der Waals surface area contributed by atoms with Crippen LogP contribution in [0.5, 0.6) is 0 Å². The van der Waals surface area contributed by atoms with E-state index in [1.165, 1.54) is 16.8 Å². The largest absolute Gasteiger partial charge is 0.368 e. The number of benzene rings is 1. The average molecular weight is 382 g/mol. The second-order valence-corrected chi connectivity index (χ2v) is 7.50. The van der Waals surface area contributed by atoms with Crippen molar-refractivity contribution in [3.63, 3.8) is 0 Å². The number of aromatic nitrogens is 2. The minimum absolute atomic E-state index is 0.00958. The lowest BCUT2D eigenvalue weighted by molar-refractivity contribution is 0.0740. The quantitative estimate of drug-likeness (QED) is 0.775. The van der Waals surface area contributed by atoms with Crippen LogP contribution in [-0.4, -0.2) is 53.5 Å². The average Bonchev–Trinajstić information content (AvgIpc) is 2.69. The maximum atomic E-state index is 13.0. The van der Waals surface area contributed by atoms with Crippen molar-refractivity contribution in [2.45, 2.75) is 40.5 Å². The van der Waals surface area contributed by atoms with E-state index in [0.717, 1.165) is 38.2 Å². The van der Waals surface area contributed by atoms with E-state index in [2.05, 4.69) is 59.2 Å². The molecular weight excluding hydrogens is 350 g/mol. The maximum Gasteiger partial charge on any atom is 0.272 e. The summed E-state index contributed by atoms with van der Waals surface area (Å²) in [6.07, 6.45) is 2.16. The highest BCUT2D eigenvalue weighted by Gasteiger charge is 2.24. The zero-order valence-electron chi connectivity index (χ0n) is 17.5. The third-order valence-electron chi connectivity index (χ3n) is 5.37. The van der Waals surface area contributed by atoms with Crippen molar-refractivity contribution in [1.29, 1.82) is 0 Å². The molecule has 1 fully saturated rings. The van der Waals surface area contributed by atoms with Crippen molar-refractivity contribution >= 4 is 17.5 Å². The normalized spacial score (nSPS) is 14.3. The first-order valence-corrected chi connectivity index (χ1v) is 10.2. The number of hydrogen-bond donors (Lipinski definition) is 1. The number of anilines is 2. The van der Waals surface area contributed by atoms with Gasteiger partial charge in [-0.1, -0.05) is 25.5 Å². The molecule has 1 aromatic carbocycles. The van der Waals surface area contributed by atoms with E-state index >= 15 is 0 Å². The molecule has 1 aliphatic rings. The van der Waals surface area contributed by atoms with Gasteiger partial charge in [0.1, 0.15) is 5.69 Å². The number of hydrogen-bond acceptors (Lipinski definition) is 5. The minimum Gasteiger partial charge on any atom is -0.368 e. The summed E-state index contributed by atoms with van der Waals surface area (Å²) >= 11 is 0. The zero-order chi connectivity index (χ0) is 20.1. The number of amides is 1. The van der Waals surface area contributed by atoms with Gasteiger partial charge in [0.05, 0.1) is 0 Å². The second kappa shape index (κ2) is 9.04. The molecule has 6 nitrogen and oxygen atoms in total. The highest BCUT2D eigenvalue weighted by molar-refractivity contribution is 5.92. The van der Waals surface area contributed by atoms with E-state index in [9.17, 15) is 4.79 Å². The lowest BCUT2D eigenvalue weighted by Crippen LogP contribution is -2.49. The molecule has 2 aromatic rings. The van der Waals surface area contributed by atoms with Crippen molar-refractivity contribution in [2.75, 3.05) is 42.9 Å². The molecule has 0 radical (unpaired) electrons. The standard InChI is InChI=1S/C22H31N5O/c1-5-6-10-23-22-24-17(3)15-19(25-22)21(28)27-13-11-26(12-14-27)20-9-7-8-16(2)18(20)4/h7-9,15H,5-6,10-14H2,1-4H3,(H,23,24,25). The summed E-state index contributed by atoms with van der Waals surface area (Å²) in [5, 5.41) is 3.22. The number of piperazine rings is 1.